The van der Waals surface area contributed by atoms with Crippen molar-refractivity contribution in [1.82, 2.24) is 4.90 Å². The summed E-state index contributed by atoms with van der Waals surface area (Å²) in [6, 6.07) is 18.8. The van der Waals surface area contributed by atoms with Crippen LogP contribution in [0.3, 0.4) is 0 Å². The standard InChI is InChI=1S/C24H27NO3/c1-24(2)25(22-20-11-7-6-10-17(20)14-21(22)28-24)23(26)18(13-19-15-27-19)12-16-8-4-3-5-9-16/h3-11,18-19,21-22H,12-15H2,1-2H3. The number of epoxide rings is 1. The highest BCUT2D eigenvalue weighted by molar-refractivity contribution is 5.81. The van der Waals surface area contributed by atoms with Crippen molar-refractivity contribution in [2.45, 2.75) is 57.1 Å². The lowest BCUT2D eigenvalue weighted by Gasteiger charge is -2.36. The lowest BCUT2D eigenvalue weighted by Crippen LogP contribution is -2.48. The highest BCUT2D eigenvalue weighted by Gasteiger charge is 2.54. The number of nitrogens with zero attached hydrogens (tertiary/aromatic N) is 1. The molecule has 2 saturated heterocycles. The highest BCUT2D eigenvalue weighted by atomic mass is 16.6. The van der Waals surface area contributed by atoms with Crippen LogP contribution in [0.2, 0.25) is 0 Å². The molecule has 4 nitrogen and oxygen atoms in total. The number of carbonyl (C=O) groups excluding carboxylic acids is 1. The van der Waals surface area contributed by atoms with Gasteiger partial charge in [-0.3, -0.25) is 4.79 Å². The van der Waals surface area contributed by atoms with Crippen molar-refractivity contribution in [2.75, 3.05) is 6.61 Å². The van der Waals surface area contributed by atoms with E-state index in [4.69, 9.17) is 9.47 Å². The molecule has 0 saturated carbocycles. The third-order valence-electron chi connectivity index (χ3n) is 6.31. The maximum atomic E-state index is 13.9. The van der Waals surface area contributed by atoms with E-state index in [2.05, 4.69) is 36.4 Å². The van der Waals surface area contributed by atoms with Crippen LogP contribution >= 0.6 is 0 Å². The molecule has 0 bridgehead atoms. The Kier molecular flexibility index (Phi) is 4.29. The van der Waals surface area contributed by atoms with Gasteiger partial charge in [-0.05, 0) is 43.4 Å². The second kappa shape index (κ2) is 6.71. The Balaban J connectivity index is 1.46. The van der Waals surface area contributed by atoms with E-state index in [1.807, 2.05) is 36.9 Å². The van der Waals surface area contributed by atoms with Gasteiger partial charge in [0.15, 0.2) is 0 Å². The van der Waals surface area contributed by atoms with Gasteiger partial charge in [0.2, 0.25) is 5.91 Å². The van der Waals surface area contributed by atoms with E-state index in [0.29, 0.717) is 0 Å². The Bertz CT molecular complexity index is 874. The molecule has 2 heterocycles. The molecule has 3 aliphatic rings. The van der Waals surface area contributed by atoms with Gasteiger partial charge in [0.25, 0.3) is 0 Å². The first-order valence-corrected chi connectivity index (χ1v) is 10.3. The monoisotopic (exact) mass is 377 g/mol. The zero-order chi connectivity index (χ0) is 19.3. The van der Waals surface area contributed by atoms with Crippen molar-refractivity contribution in [1.29, 1.82) is 0 Å². The van der Waals surface area contributed by atoms with Crippen LogP contribution < -0.4 is 0 Å². The van der Waals surface area contributed by atoms with Crippen molar-refractivity contribution in [3.8, 4) is 0 Å². The molecule has 0 radical (unpaired) electrons. The lowest BCUT2D eigenvalue weighted by molar-refractivity contribution is -0.152. The van der Waals surface area contributed by atoms with Gasteiger partial charge in [-0.1, -0.05) is 54.6 Å². The fourth-order valence-electron chi connectivity index (χ4n) is 5.00. The first-order valence-electron chi connectivity index (χ1n) is 10.3. The van der Waals surface area contributed by atoms with Crippen LogP contribution in [0.5, 0.6) is 0 Å². The maximum absolute atomic E-state index is 13.9. The molecule has 5 rings (SSSR count). The highest BCUT2D eigenvalue weighted by Crippen LogP contribution is 2.49. The molecule has 0 aromatic heterocycles. The summed E-state index contributed by atoms with van der Waals surface area (Å²) >= 11 is 0. The molecular formula is C24H27NO3. The summed E-state index contributed by atoms with van der Waals surface area (Å²) in [5.74, 6) is 0.0952. The number of carbonyl (C=O) groups is 1. The fraction of sp³-hybridized carbons (Fsp3) is 0.458. The lowest BCUT2D eigenvalue weighted by atomic mass is 9.91. The minimum Gasteiger partial charge on any atom is -0.373 e. The van der Waals surface area contributed by atoms with Gasteiger partial charge in [0.05, 0.1) is 24.9 Å². The van der Waals surface area contributed by atoms with Gasteiger partial charge in [-0.15, -0.1) is 0 Å². The summed E-state index contributed by atoms with van der Waals surface area (Å²) in [5.41, 5.74) is 3.14. The zero-order valence-electron chi connectivity index (χ0n) is 16.5. The first-order chi connectivity index (χ1) is 13.5. The molecule has 1 amide bonds. The summed E-state index contributed by atoms with van der Waals surface area (Å²) in [6.45, 7) is 4.82. The van der Waals surface area contributed by atoms with Gasteiger partial charge in [0.1, 0.15) is 5.72 Å². The van der Waals surface area contributed by atoms with Gasteiger partial charge >= 0.3 is 0 Å². The predicted octanol–water partition coefficient (Wildman–Crippen LogP) is 3.90. The molecule has 1 aliphatic carbocycles. The third kappa shape index (κ3) is 3.15. The number of hydrogen-bond donors (Lipinski definition) is 0. The molecule has 0 spiro atoms. The van der Waals surface area contributed by atoms with Crippen molar-refractivity contribution in [3.63, 3.8) is 0 Å². The van der Waals surface area contributed by atoms with E-state index in [-0.39, 0.29) is 30.1 Å². The number of ether oxygens (including phenoxy) is 2. The topological polar surface area (TPSA) is 42.1 Å². The maximum Gasteiger partial charge on any atom is 0.228 e. The van der Waals surface area contributed by atoms with Crippen LogP contribution in [-0.4, -0.2) is 35.3 Å². The molecule has 4 heteroatoms. The van der Waals surface area contributed by atoms with Crippen LogP contribution in [0.15, 0.2) is 54.6 Å². The Morgan fingerprint density at radius 3 is 2.61 bits per heavy atom. The average molecular weight is 377 g/mol. The van der Waals surface area contributed by atoms with Gasteiger partial charge < -0.3 is 14.4 Å². The Morgan fingerprint density at radius 2 is 1.86 bits per heavy atom. The van der Waals surface area contributed by atoms with E-state index in [9.17, 15) is 4.79 Å². The first kappa shape index (κ1) is 17.9. The minimum atomic E-state index is -0.598. The molecule has 2 fully saturated rings. The molecule has 0 N–H and O–H groups in total. The smallest absolute Gasteiger partial charge is 0.228 e. The third-order valence-corrected chi connectivity index (χ3v) is 6.31. The number of rotatable bonds is 5. The molecule has 4 atom stereocenters. The van der Waals surface area contributed by atoms with Crippen LogP contribution in [-0.2, 0) is 27.1 Å². The van der Waals surface area contributed by atoms with E-state index >= 15 is 0 Å². The predicted molar refractivity (Wildman–Crippen MR) is 107 cm³/mol. The second-order valence-electron chi connectivity index (χ2n) is 8.74. The van der Waals surface area contributed by atoms with Crippen LogP contribution in [0.4, 0.5) is 0 Å². The minimum absolute atomic E-state index is 0.0112. The molecule has 146 valence electrons. The number of benzene rings is 2. The SMILES string of the molecule is CC1(C)OC2Cc3ccccc3C2N1C(=O)C(Cc1ccccc1)CC1CO1. The van der Waals surface area contributed by atoms with Gasteiger partial charge in [-0.2, -0.15) is 0 Å². The van der Waals surface area contributed by atoms with Crippen molar-refractivity contribution < 1.29 is 14.3 Å². The molecule has 2 aliphatic heterocycles. The van der Waals surface area contributed by atoms with Gasteiger partial charge in [0, 0.05) is 12.3 Å². The van der Waals surface area contributed by atoms with E-state index in [1.165, 1.54) is 16.7 Å². The van der Waals surface area contributed by atoms with Crippen LogP contribution in [0.25, 0.3) is 0 Å². The normalized spacial score (nSPS) is 27.9. The van der Waals surface area contributed by atoms with E-state index in [0.717, 1.165) is 25.9 Å². The Hall–Kier alpha value is -2.17. The largest absolute Gasteiger partial charge is 0.373 e. The summed E-state index contributed by atoms with van der Waals surface area (Å²) in [5, 5.41) is 0. The zero-order valence-corrected chi connectivity index (χ0v) is 16.5. The Morgan fingerprint density at radius 1 is 1.14 bits per heavy atom. The van der Waals surface area contributed by atoms with Crippen LogP contribution in [0.1, 0.15) is 43.0 Å². The average Bonchev–Trinajstić information content (AvgIpc) is 3.37. The van der Waals surface area contributed by atoms with E-state index in [1.54, 1.807) is 0 Å². The molecule has 2 aromatic rings. The number of hydrogen-bond acceptors (Lipinski definition) is 3. The number of fused-ring (bicyclic) bond motifs is 3. The van der Waals surface area contributed by atoms with E-state index < -0.39 is 5.72 Å². The van der Waals surface area contributed by atoms with Crippen molar-refractivity contribution in [2.24, 2.45) is 5.92 Å². The summed E-state index contributed by atoms with van der Waals surface area (Å²) in [4.78, 5) is 15.9. The van der Waals surface area contributed by atoms with Crippen LogP contribution in [0, 0.1) is 5.92 Å². The molecule has 28 heavy (non-hydrogen) atoms. The second-order valence-corrected chi connectivity index (χ2v) is 8.74. The summed E-state index contributed by atoms with van der Waals surface area (Å²) in [6.07, 6.45) is 2.66. The summed E-state index contributed by atoms with van der Waals surface area (Å²) in [7, 11) is 0. The van der Waals surface area contributed by atoms with Crippen molar-refractivity contribution in [3.05, 3.63) is 71.3 Å². The van der Waals surface area contributed by atoms with Crippen molar-refractivity contribution >= 4 is 5.91 Å². The quantitative estimate of drug-likeness (QED) is 0.743. The fourth-order valence-corrected chi connectivity index (χ4v) is 5.00. The Labute approximate surface area is 166 Å². The summed E-state index contributed by atoms with van der Waals surface area (Å²) < 4.78 is 11.9. The molecule has 2 aromatic carbocycles. The number of amides is 1. The molecule has 4 unspecified atom stereocenters. The molecular weight excluding hydrogens is 350 g/mol. The van der Waals surface area contributed by atoms with Gasteiger partial charge in [-0.25, -0.2) is 0 Å².